The molecule has 0 aliphatic heterocycles. The number of halogens is 1. The summed E-state index contributed by atoms with van der Waals surface area (Å²) < 4.78 is 6.77. The summed E-state index contributed by atoms with van der Waals surface area (Å²) >= 11 is 3.60. The van der Waals surface area contributed by atoms with E-state index >= 15 is 0 Å². The normalized spacial score (nSPS) is 17.8. The van der Waals surface area contributed by atoms with Gasteiger partial charge in [0, 0.05) is 24.7 Å². The number of aryl methyl sites for hydroxylation is 1. The van der Waals surface area contributed by atoms with E-state index in [4.69, 9.17) is 4.74 Å². The van der Waals surface area contributed by atoms with E-state index in [1.54, 1.807) is 0 Å². The number of hydrogen-bond donors (Lipinski definition) is 1. The standard InChI is InChI=1S/C14H20BrNO/c1-11-4-5-12(13(15)8-11)9-16-10-14(17-2)6-3-7-14/h4-5,8,16H,3,6-7,9-10H2,1-2H3. The molecule has 17 heavy (non-hydrogen) atoms. The van der Waals surface area contributed by atoms with E-state index in [1.165, 1.54) is 34.9 Å². The van der Waals surface area contributed by atoms with Crippen LogP contribution in [0.2, 0.25) is 0 Å². The SMILES string of the molecule is COC1(CNCc2ccc(C)cc2Br)CCC1. The van der Waals surface area contributed by atoms with Gasteiger partial charge in [0.1, 0.15) is 0 Å². The highest BCUT2D eigenvalue weighted by Crippen LogP contribution is 2.34. The zero-order valence-corrected chi connectivity index (χ0v) is 12.1. The Morgan fingerprint density at radius 3 is 2.71 bits per heavy atom. The molecule has 1 aromatic carbocycles. The smallest absolute Gasteiger partial charge is 0.0802 e. The molecular weight excluding hydrogens is 278 g/mol. The number of nitrogens with one attached hydrogen (secondary N) is 1. The molecule has 1 aliphatic carbocycles. The first-order chi connectivity index (χ1) is 8.15. The van der Waals surface area contributed by atoms with Crippen LogP contribution in [-0.4, -0.2) is 19.3 Å². The minimum absolute atomic E-state index is 0.108. The van der Waals surface area contributed by atoms with Crippen molar-refractivity contribution in [1.82, 2.24) is 5.32 Å². The summed E-state index contributed by atoms with van der Waals surface area (Å²) in [6.45, 7) is 3.95. The minimum atomic E-state index is 0.108. The Balaban J connectivity index is 1.85. The summed E-state index contributed by atoms with van der Waals surface area (Å²) in [6, 6.07) is 6.48. The molecule has 0 aromatic heterocycles. The van der Waals surface area contributed by atoms with Gasteiger partial charge < -0.3 is 10.1 Å². The predicted octanol–water partition coefficient (Wildman–Crippen LogP) is 3.42. The van der Waals surface area contributed by atoms with Crippen molar-refractivity contribution in [3.8, 4) is 0 Å². The molecule has 1 N–H and O–H groups in total. The Bertz CT molecular complexity index is 382. The number of rotatable bonds is 5. The largest absolute Gasteiger partial charge is 0.377 e. The highest BCUT2D eigenvalue weighted by Gasteiger charge is 2.36. The second-order valence-corrected chi connectivity index (χ2v) is 5.79. The summed E-state index contributed by atoms with van der Waals surface area (Å²) in [4.78, 5) is 0. The highest BCUT2D eigenvalue weighted by atomic mass is 79.9. The first kappa shape index (κ1) is 13.1. The van der Waals surface area contributed by atoms with Crippen molar-refractivity contribution in [2.75, 3.05) is 13.7 Å². The van der Waals surface area contributed by atoms with Gasteiger partial charge in [0.2, 0.25) is 0 Å². The van der Waals surface area contributed by atoms with E-state index in [9.17, 15) is 0 Å². The molecule has 0 heterocycles. The molecule has 94 valence electrons. The molecule has 0 saturated heterocycles. The number of hydrogen-bond acceptors (Lipinski definition) is 2. The topological polar surface area (TPSA) is 21.3 Å². The molecule has 1 aliphatic rings. The Hall–Kier alpha value is -0.380. The van der Waals surface area contributed by atoms with Gasteiger partial charge in [-0.05, 0) is 43.4 Å². The lowest BCUT2D eigenvalue weighted by atomic mass is 9.80. The van der Waals surface area contributed by atoms with Crippen molar-refractivity contribution in [2.45, 2.75) is 38.3 Å². The van der Waals surface area contributed by atoms with Crippen molar-refractivity contribution in [3.63, 3.8) is 0 Å². The van der Waals surface area contributed by atoms with Gasteiger partial charge in [-0.25, -0.2) is 0 Å². The fourth-order valence-corrected chi connectivity index (χ4v) is 2.88. The Labute approximate surface area is 112 Å². The fourth-order valence-electron chi connectivity index (χ4n) is 2.24. The molecule has 0 amide bonds. The molecule has 1 aromatic rings. The third-order valence-corrected chi connectivity index (χ3v) is 4.41. The van der Waals surface area contributed by atoms with Gasteiger partial charge in [-0.15, -0.1) is 0 Å². The van der Waals surface area contributed by atoms with Crippen LogP contribution in [0.25, 0.3) is 0 Å². The molecular formula is C14H20BrNO. The Kier molecular flexibility index (Phi) is 4.23. The monoisotopic (exact) mass is 297 g/mol. The molecule has 0 atom stereocenters. The average molecular weight is 298 g/mol. The van der Waals surface area contributed by atoms with Crippen LogP contribution < -0.4 is 5.32 Å². The van der Waals surface area contributed by atoms with E-state index in [2.05, 4.69) is 46.4 Å². The number of benzene rings is 1. The number of ether oxygens (including phenoxy) is 1. The lowest BCUT2D eigenvalue weighted by Gasteiger charge is -2.40. The zero-order chi connectivity index (χ0) is 12.3. The van der Waals surface area contributed by atoms with E-state index < -0.39 is 0 Å². The Morgan fingerprint density at radius 1 is 1.41 bits per heavy atom. The van der Waals surface area contributed by atoms with Crippen LogP contribution in [0.4, 0.5) is 0 Å². The molecule has 2 rings (SSSR count). The lowest BCUT2D eigenvalue weighted by molar-refractivity contribution is -0.0695. The average Bonchev–Trinajstić information content (AvgIpc) is 2.25. The first-order valence-electron chi connectivity index (χ1n) is 6.16. The maximum atomic E-state index is 5.59. The second-order valence-electron chi connectivity index (χ2n) is 4.94. The van der Waals surface area contributed by atoms with Gasteiger partial charge in [0.05, 0.1) is 5.60 Å². The molecule has 0 unspecified atom stereocenters. The second kappa shape index (κ2) is 5.51. The third kappa shape index (κ3) is 3.09. The highest BCUT2D eigenvalue weighted by molar-refractivity contribution is 9.10. The summed E-state index contributed by atoms with van der Waals surface area (Å²) in [6.07, 6.45) is 3.67. The molecule has 0 radical (unpaired) electrons. The molecule has 1 fully saturated rings. The summed E-state index contributed by atoms with van der Waals surface area (Å²) in [5.41, 5.74) is 2.70. The van der Waals surface area contributed by atoms with Crippen molar-refractivity contribution in [1.29, 1.82) is 0 Å². The van der Waals surface area contributed by atoms with Gasteiger partial charge in [0.15, 0.2) is 0 Å². The van der Waals surface area contributed by atoms with Crippen molar-refractivity contribution in [2.24, 2.45) is 0 Å². The van der Waals surface area contributed by atoms with E-state index in [-0.39, 0.29) is 5.60 Å². The van der Waals surface area contributed by atoms with Crippen LogP contribution in [0, 0.1) is 6.92 Å². The van der Waals surface area contributed by atoms with Gasteiger partial charge in [-0.2, -0.15) is 0 Å². The van der Waals surface area contributed by atoms with E-state index in [0.29, 0.717) is 0 Å². The maximum Gasteiger partial charge on any atom is 0.0802 e. The molecule has 3 heteroatoms. The van der Waals surface area contributed by atoms with Crippen molar-refractivity contribution >= 4 is 15.9 Å². The van der Waals surface area contributed by atoms with Gasteiger partial charge in [-0.1, -0.05) is 28.1 Å². The zero-order valence-electron chi connectivity index (χ0n) is 10.6. The van der Waals surface area contributed by atoms with Crippen molar-refractivity contribution in [3.05, 3.63) is 33.8 Å². The van der Waals surface area contributed by atoms with Gasteiger partial charge >= 0.3 is 0 Å². The van der Waals surface area contributed by atoms with E-state index in [0.717, 1.165) is 13.1 Å². The molecule has 1 saturated carbocycles. The summed E-state index contributed by atoms with van der Waals surface area (Å²) in [5, 5.41) is 3.50. The van der Waals surface area contributed by atoms with Gasteiger partial charge in [-0.3, -0.25) is 0 Å². The van der Waals surface area contributed by atoms with Crippen LogP contribution in [0.3, 0.4) is 0 Å². The summed E-state index contributed by atoms with van der Waals surface area (Å²) in [7, 11) is 1.82. The van der Waals surface area contributed by atoms with Crippen LogP contribution in [0.5, 0.6) is 0 Å². The Morgan fingerprint density at radius 2 is 2.18 bits per heavy atom. The summed E-state index contributed by atoms with van der Waals surface area (Å²) in [5.74, 6) is 0. The van der Waals surface area contributed by atoms with Crippen LogP contribution in [-0.2, 0) is 11.3 Å². The van der Waals surface area contributed by atoms with E-state index in [1.807, 2.05) is 7.11 Å². The van der Waals surface area contributed by atoms with Crippen LogP contribution >= 0.6 is 15.9 Å². The molecule has 0 spiro atoms. The quantitative estimate of drug-likeness (QED) is 0.899. The van der Waals surface area contributed by atoms with Gasteiger partial charge in [0.25, 0.3) is 0 Å². The number of methoxy groups -OCH3 is 1. The lowest BCUT2D eigenvalue weighted by Crippen LogP contribution is -2.47. The fraction of sp³-hybridized carbons (Fsp3) is 0.571. The minimum Gasteiger partial charge on any atom is -0.377 e. The first-order valence-corrected chi connectivity index (χ1v) is 6.95. The van der Waals surface area contributed by atoms with Crippen LogP contribution in [0.1, 0.15) is 30.4 Å². The molecule has 0 bridgehead atoms. The van der Waals surface area contributed by atoms with Crippen LogP contribution in [0.15, 0.2) is 22.7 Å². The predicted molar refractivity (Wildman–Crippen MR) is 74.2 cm³/mol. The maximum absolute atomic E-state index is 5.59. The molecule has 2 nitrogen and oxygen atoms in total. The van der Waals surface area contributed by atoms with Crippen molar-refractivity contribution < 1.29 is 4.74 Å². The third-order valence-electron chi connectivity index (χ3n) is 3.67.